The van der Waals surface area contributed by atoms with Gasteiger partial charge in [-0.15, -0.1) is 0 Å². The van der Waals surface area contributed by atoms with Gasteiger partial charge in [0.05, 0.1) is 12.2 Å². The summed E-state index contributed by atoms with van der Waals surface area (Å²) in [6, 6.07) is 15.0. The average molecular weight is 406 g/mol. The molecule has 0 N–H and O–H groups in total. The Balaban J connectivity index is 1.76. The van der Waals surface area contributed by atoms with E-state index in [1.54, 1.807) is 4.68 Å². The lowest BCUT2D eigenvalue weighted by atomic mass is 10.1. The third kappa shape index (κ3) is 4.51. The number of hydrogen-bond acceptors (Lipinski definition) is 3. The van der Waals surface area contributed by atoms with Crippen molar-refractivity contribution in [2.24, 2.45) is 0 Å². The van der Waals surface area contributed by atoms with Crippen LogP contribution in [0, 0.1) is 4.77 Å². The Kier molecular flexibility index (Phi) is 6.00. The minimum absolute atomic E-state index is 0.437. The van der Waals surface area contributed by atoms with Crippen molar-refractivity contribution in [2.45, 2.75) is 32.9 Å². The molecule has 4 nitrogen and oxygen atoms in total. The van der Waals surface area contributed by atoms with Gasteiger partial charge in [0.15, 0.2) is 10.6 Å². The lowest BCUT2D eigenvalue weighted by Crippen LogP contribution is -2.22. The van der Waals surface area contributed by atoms with Gasteiger partial charge in [-0.3, -0.25) is 4.90 Å². The standard InChI is InChI=1S/C20H21F3N4S/c1-3-26-18(16-7-5-4-6-8-16)24-27(19(26)28)14-25(2)13-15-9-11-17(12-10-15)20(21,22)23/h4-12H,3,13-14H2,1-2H3. The van der Waals surface area contributed by atoms with Crippen molar-refractivity contribution in [1.82, 2.24) is 19.2 Å². The molecule has 0 unspecified atom stereocenters. The van der Waals surface area contributed by atoms with Gasteiger partial charge in [-0.25, -0.2) is 4.68 Å². The number of aromatic nitrogens is 3. The van der Waals surface area contributed by atoms with E-state index >= 15 is 0 Å². The van der Waals surface area contributed by atoms with Gasteiger partial charge in [0.25, 0.3) is 0 Å². The molecule has 0 aliphatic rings. The van der Waals surface area contributed by atoms with E-state index in [0.717, 1.165) is 29.1 Å². The molecule has 2 aromatic carbocycles. The third-order valence-electron chi connectivity index (χ3n) is 4.38. The Bertz CT molecular complexity index is 975. The highest BCUT2D eigenvalue weighted by Gasteiger charge is 2.29. The summed E-state index contributed by atoms with van der Waals surface area (Å²) in [6.45, 7) is 3.64. The van der Waals surface area contributed by atoms with Crippen LogP contribution in [-0.4, -0.2) is 26.3 Å². The molecular formula is C20H21F3N4S. The van der Waals surface area contributed by atoms with Crippen molar-refractivity contribution in [2.75, 3.05) is 7.05 Å². The van der Waals surface area contributed by atoms with E-state index in [1.807, 2.05) is 53.8 Å². The van der Waals surface area contributed by atoms with E-state index in [2.05, 4.69) is 5.10 Å². The molecule has 0 fully saturated rings. The summed E-state index contributed by atoms with van der Waals surface area (Å²) in [5.41, 5.74) is 1.13. The van der Waals surface area contributed by atoms with Gasteiger partial charge in [-0.1, -0.05) is 42.5 Å². The van der Waals surface area contributed by atoms with E-state index in [-0.39, 0.29) is 0 Å². The molecule has 0 bridgehead atoms. The molecule has 8 heteroatoms. The zero-order valence-electron chi connectivity index (χ0n) is 15.6. The summed E-state index contributed by atoms with van der Waals surface area (Å²) in [4.78, 5) is 1.96. The number of rotatable bonds is 6. The first-order valence-corrected chi connectivity index (χ1v) is 9.28. The summed E-state index contributed by atoms with van der Waals surface area (Å²) < 4.78 is 42.4. The van der Waals surface area contributed by atoms with Crippen LogP contribution in [-0.2, 0) is 25.9 Å². The molecule has 0 saturated heterocycles. The first-order valence-electron chi connectivity index (χ1n) is 8.87. The van der Waals surface area contributed by atoms with Crippen LogP contribution in [0.5, 0.6) is 0 Å². The Morgan fingerprint density at radius 1 is 1.04 bits per heavy atom. The quantitative estimate of drug-likeness (QED) is 0.526. The Labute approximate surface area is 166 Å². The van der Waals surface area contributed by atoms with Gasteiger partial charge in [0, 0.05) is 18.7 Å². The molecule has 0 saturated carbocycles. The number of halogens is 3. The van der Waals surface area contributed by atoms with E-state index in [0.29, 0.717) is 24.5 Å². The number of nitrogens with zero attached hydrogens (tertiary/aromatic N) is 4. The molecule has 0 aliphatic carbocycles. The monoisotopic (exact) mass is 406 g/mol. The number of benzene rings is 2. The molecule has 1 heterocycles. The maximum absolute atomic E-state index is 12.7. The van der Waals surface area contributed by atoms with Crippen LogP contribution in [0.25, 0.3) is 11.4 Å². The van der Waals surface area contributed by atoms with Crippen molar-refractivity contribution < 1.29 is 13.2 Å². The summed E-state index contributed by atoms with van der Waals surface area (Å²) >= 11 is 5.56. The summed E-state index contributed by atoms with van der Waals surface area (Å²) in [7, 11) is 1.88. The van der Waals surface area contributed by atoms with E-state index in [1.165, 1.54) is 12.1 Å². The number of alkyl halides is 3. The fraction of sp³-hybridized carbons (Fsp3) is 0.300. The molecule has 0 atom stereocenters. The molecule has 28 heavy (non-hydrogen) atoms. The highest BCUT2D eigenvalue weighted by Crippen LogP contribution is 2.29. The molecule has 3 aromatic rings. The lowest BCUT2D eigenvalue weighted by molar-refractivity contribution is -0.137. The van der Waals surface area contributed by atoms with Crippen LogP contribution < -0.4 is 0 Å². The zero-order valence-corrected chi connectivity index (χ0v) is 16.5. The fourth-order valence-corrected chi connectivity index (χ4v) is 3.32. The van der Waals surface area contributed by atoms with Gasteiger partial charge in [0.2, 0.25) is 0 Å². The highest BCUT2D eigenvalue weighted by atomic mass is 32.1. The molecular weight excluding hydrogens is 385 g/mol. The SMILES string of the molecule is CCn1c(-c2ccccc2)nn(CN(C)Cc2ccc(C(F)(F)F)cc2)c1=S. The largest absolute Gasteiger partial charge is 0.416 e. The predicted molar refractivity (Wildman–Crippen MR) is 105 cm³/mol. The number of hydrogen-bond donors (Lipinski definition) is 0. The van der Waals surface area contributed by atoms with Crippen LogP contribution in [0.15, 0.2) is 54.6 Å². The maximum atomic E-state index is 12.7. The Morgan fingerprint density at radius 2 is 1.68 bits per heavy atom. The van der Waals surface area contributed by atoms with Crippen LogP contribution in [0.1, 0.15) is 18.1 Å². The highest BCUT2D eigenvalue weighted by molar-refractivity contribution is 7.71. The van der Waals surface area contributed by atoms with E-state index < -0.39 is 11.7 Å². The van der Waals surface area contributed by atoms with Crippen molar-refractivity contribution in [3.8, 4) is 11.4 Å². The Hall–Kier alpha value is -2.45. The average Bonchev–Trinajstić information content (AvgIpc) is 2.97. The minimum Gasteiger partial charge on any atom is -0.300 e. The normalized spacial score (nSPS) is 11.9. The predicted octanol–water partition coefficient (Wildman–Crippen LogP) is 5.21. The zero-order chi connectivity index (χ0) is 20.3. The smallest absolute Gasteiger partial charge is 0.300 e. The topological polar surface area (TPSA) is 26.0 Å². The van der Waals surface area contributed by atoms with Gasteiger partial charge >= 0.3 is 6.18 Å². The molecule has 0 radical (unpaired) electrons. The van der Waals surface area contributed by atoms with Gasteiger partial charge in [-0.05, 0) is 43.9 Å². The van der Waals surface area contributed by atoms with Gasteiger partial charge in [-0.2, -0.15) is 18.3 Å². The van der Waals surface area contributed by atoms with Gasteiger partial charge < -0.3 is 4.57 Å². The Morgan fingerprint density at radius 3 is 2.25 bits per heavy atom. The molecule has 0 aliphatic heterocycles. The lowest BCUT2D eigenvalue weighted by Gasteiger charge is -2.17. The summed E-state index contributed by atoms with van der Waals surface area (Å²) in [5, 5.41) is 4.66. The van der Waals surface area contributed by atoms with Crippen LogP contribution in [0.2, 0.25) is 0 Å². The molecule has 1 aromatic heterocycles. The summed E-state index contributed by atoms with van der Waals surface area (Å²) in [6.07, 6.45) is -4.32. The second-order valence-electron chi connectivity index (χ2n) is 6.57. The van der Waals surface area contributed by atoms with Crippen molar-refractivity contribution in [3.63, 3.8) is 0 Å². The third-order valence-corrected chi connectivity index (χ3v) is 4.81. The maximum Gasteiger partial charge on any atom is 0.416 e. The van der Waals surface area contributed by atoms with Crippen molar-refractivity contribution in [3.05, 3.63) is 70.5 Å². The van der Waals surface area contributed by atoms with Crippen molar-refractivity contribution in [1.29, 1.82) is 0 Å². The molecule has 0 spiro atoms. The van der Waals surface area contributed by atoms with E-state index in [4.69, 9.17) is 12.2 Å². The van der Waals surface area contributed by atoms with Crippen LogP contribution >= 0.6 is 12.2 Å². The van der Waals surface area contributed by atoms with Crippen LogP contribution in [0.4, 0.5) is 13.2 Å². The first-order chi connectivity index (χ1) is 13.3. The minimum atomic E-state index is -4.32. The van der Waals surface area contributed by atoms with Crippen molar-refractivity contribution >= 4 is 12.2 Å². The second-order valence-corrected chi connectivity index (χ2v) is 6.93. The first kappa shape index (κ1) is 20.3. The van der Waals surface area contributed by atoms with E-state index in [9.17, 15) is 13.2 Å². The second kappa shape index (κ2) is 8.28. The van der Waals surface area contributed by atoms with Crippen LogP contribution in [0.3, 0.4) is 0 Å². The molecule has 0 amide bonds. The van der Waals surface area contributed by atoms with Gasteiger partial charge in [0.1, 0.15) is 0 Å². The molecule has 3 rings (SSSR count). The fourth-order valence-electron chi connectivity index (χ4n) is 3.01. The summed E-state index contributed by atoms with van der Waals surface area (Å²) in [5.74, 6) is 0.802. The molecule has 148 valence electrons.